The average Bonchev–Trinajstić information content (AvgIpc) is 2.86. The topological polar surface area (TPSA) is 61.7 Å². The highest BCUT2D eigenvalue weighted by atomic mass is 15.3. The minimum absolute atomic E-state index is 0.524. The molecule has 2 N–H and O–H groups in total. The molecular formula is C10H13N5. The standard InChI is InChI=1S/C10H13N5/c1-14-6-7(4-12-14)9-5-13-15(10(9)11)8-2-3-8/h4-6,8H,2-3,11H2,1H3. The van der Waals surface area contributed by atoms with Crippen molar-refractivity contribution >= 4 is 5.82 Å². The number of nitrogen functional groups attached to an aromatic ring is 1. The molecule has 5 nitrogen and oxygen atoms in total. The fourth-order valence-electron chi connectivity index (χ4n) is 1.76. The Hall–Kier alpha value is -1.78. The van der Waals surface area contributed by atoms with Gasteiger partial charge in [-0.1, -0.05) is 0 Å². The molecule has 2 heterocycles. The first-order valence-electron chi connectivity index (χ1n) is 5.07. The Bertz CT molecular complexity index is 492. The minimum atomic E-state index is 0.524. The van der Waals surface area contributed by atoms with E-state index in [1.807, 2.05) is 30.3 Å². The van der Waals surface area contributed by atoms with Crippen LogP contribution in [0.5, 0.6) is 0 Å². The molecule has 0 bridgehead atoms. The van der Waals surface area contributed by atoms with Crippen LogP contribution in [0.15, 0.2) is 18.6 Å². The second kappa shape index (κ2) is 2.85. The number of hydrogen-bond acceptors (Lipinski definition) is 3. The van der Waals surface area contributed by atoms with Gasteiger partial charge in [0.2, 0.25) is 0 Å². The van der Waals surface area contributed by atoms with Gasteiger partial charge in [-0.3, -0.25) is 4.68 Å². The van der Waals surface area contributed by atoms with Crippen LogP contribution in [0.25, 0.3) is 11.1 Å². The van der Waals surface area contributed by atoms with Crippen molar-refractivity contribution in [1.29, 1.82) is 0 Å². The van der Waals surface area contributed by atoms with Gasteiger partial charge in [-0.15, -0.1) is 0 Å². The molecule has 0 atom stereocenters. The van der Waals surface area contributed by atoms with Gasteiger partial charge < -0.3 is 5.73 Å². The van der Waals surface area contributed by atoms with E-state index in [2.05, 4.69) is 10.2 Å². The zero-order valence-corrected chi connectivity index (χ0v) is 8.59. The lowest BCUT2D eigenvalue weighted by atomic mass is 10.2. The fourth-order valence-corrected chi connectivity index (χ4v) is 1.76. The van der Waals surface area contributed by atoms with E-state index >= 15 is 0 Å². The van der Waals surface area contributed by atoms with Crippen LogP contribution < -0.4 is 5.73 Å². The van der Waals surface area contributed by atoms with Gasteiger partial charge in [-0.05, 0) is 12.8 Å². The quantitative estimate of drug-likeness (QED) is 0.797. The summed E-state index contributed by atoms with van der Waals surface area (Å²) in [4.78, 5) is 0. The van der Waals surface area contributed by atoms with Crippen LogP contribution in [0.4, 0.5) is 5.82 Å². The third-order valence-electron chi connectivity index (χ3n) is 2.74. The number of hydrogen-bond donors (Lipinski definition) is 1. The Labute approximate surface area is 87.5 Å². The van der Waals surface area contributed by atoms with Crippen molar-refractivity contribution in [3.8, 4) is 11.1 Å². The molecule has 0 unspecified atom stereocenters. The number of nitrogens with two attached hydrogens (primary N) is 1. The molecule has 1 aliphatic carbocycles. The van der Waals surface area contributed by atoms with Crippen molar-refractivity contribution in [2.45, 2.75) is 18.9 Å². The maximum absolute atomic E-state index is 6.05. The van der Waals surface area contributed by atoms with E-state index in [-0.39, 0.29) is 0 Å². The molecule has 0 spiro atoms. The fraction of sp³-hybridized carbons (Fsp3) is 0.400. The molecule has 5 heteroatoms. The van der Waals surface area contributed by atoms with Gasteiger partial charge in [0.1, 0.15) is 5.82 Å². The van der Waals surface area contributed by atoms with Crippen LogP contribution >= 0.6 is 0 Å². The van der Waals surface area contributed by atoms with Gasteiger partial charge >= 0.3 is 0 Å². The second-order valence-electron chi connectivity index (χ2n) is 4.02. The number of aromatic nitrogens is 4. The molecular weight excluding hydrogens is 190 g/mol. The summed E-state index contributed by atoms with van der Waals surface area (Å²) < 4.78 is 3.69. The Morgan fingerprint density at radius 1 is 1.33 bits per heavy atom. The predicted octanol–water partition coefficient (Wildman–Crippen LogP) is 1.20. The minimum Gasteiger partial charge on any atom is -0.383 e. The van der Waals surface area contributed by atoms with E-state index in [1.165, 1.54) is 12.8 Å². The Morgan fingerprint density at radius 2 is 2.13 bits per heavy atom. The lowest BCUT2D eigenvalue weighted by Gasteiger charge is -2.01. The van der Waals surface area contributed by atoms with Crippen LogP contribution in [0.3, 0.4) is 0 Å². The van der Waals surface area contributed by atoms with Crippen LogP contribution in [0.2, 0.25) is 0 Å². The molecule has 0 amide bonds. The number of rotatable bonds is 2. The number of aryl methyl sites for hydroxylation is 1. The molecule has 15 heavy (non-hydrogen) atoms. The van der Waals surface area contributed by atoms with Gasteiger partial charge in [-0.25, -0.2) is 4.68 Å². The first-order valence-corrected chi connectivity index (χ1v) is 5.07. The molecule has 2 aromatic heterocycles. The lowest BCUT2D eigenvalue weighted by molar-refractivity contribution is 0.651. The van der Waals surface area contributed by atoms with Crippen molar-refractivity contribution in [3.63, 3.8) is 0 Å². The molecule has 0 saturated heterocycles. The highest BCUT2D eigenvalue weighted by Crippen LogP contribution is 2.38. The molecule has 3 rings (SSSR count). The molecule has 2 aromatic rings. The molecule has 1 aliphatic rings. The zero-order chi connectivity index (χ0) is 10.4. The van der Waals surface area contributed by atoms with Crippen LogP contribution in [0.1, 0.15) is 18.9 Å². The Morgan fingerprint density at radius 3 is 2.73 bits per heavy atom. The Kier molecular flexibility index (Phi) is 1.62. The third-order valence-corrected chi connectivity index (χ3v) is 2.74. The SMILES string of the molecule is Cn1cc(-c2cnn(C3CC3)c2N)cn1. The van der Waals surface area contributed by atoms with Gasteiger partial charge in [-0.2, -0.15) is 10.2 Å². The summed E-state index contributed by atoms with van der Waals surface area (Å²) >= 11 is 0. The van der Waals surface area contributed by atoms with Gasteiger partial charge in [0.05, 0.1) is 18.4 Å². The van der Waals surface area contributed by atoms with Crippen LogP contribution in [-0.4, -0.2) is 19.6 Å². The van der Waals surface area contributed by atoms with E-state index in [0.29, 0.717) is 6.04 Å². The van der Waals surface area contributed by atoms with E-state index < -0.39 is 0 Å². The highest BCUT2D eigenvalue weighted by molar-refractivity contribution is 5.72. The zero-order valence-electron chi connectivity index (χ0n) is 8.59. The van der Waals surface area contributed by atoms with E-state index in [9.17, 15) is 0 Å². The maximum atomic E-state index is 6.05. The summed E-state index contributed by atoms with van der Waals surface area (Å²) in [6, 6.07) is 0.524. The van der Waals surface area contributed by atoms with Gasteiger partial charge in [0.25, 0.3) is 0 Å². The first-order chi connectivity index (χ1) is 7.25. The molecule has 0 aromatic carbocycles. The van der Waals surface area contributed by atoms with Crippen molar-refractivity contribution < 1.29 is 0 Å². The molecule has 1 fully saturated rings. The summed E-state index contributed by atoms with van der Waals surface area (Å²) in [6.45, 7) is 0. The monoisotopic (exact) mass is 203 g/mol. The van der Waals surface area contributed by atoms with Crippen molar-refractivity contribution in [2.24, 2.45) is 7.05 Å². The molecule has 0 radical (unpaired) electrons. The molecule has 78 valence electrons. The van der Waals surface area contributed by atoms with Gasteiger partial charge in [0.15, 0.2) is 0 Å². The lowest BCUT2D eigenvalue weighted by Crippen LogP contribution is -2.02. The van der Waals surface area contributed by atoms with Crippen molar-refractivity contribution in [3.05, 3.63) is 18.6 Å². The van der Waals surface area contributed by atoms with Crippen LogP contribution in [-0.2, 0) is 7.05 Å². The largest absolute Gasteiger partial charge is 0.383 e. The first kappa shape index (κ1) is 8.52. The summed E-state index contributed by atoms with van der Waals surface area (Å²) in [7, 11) is 1.89. The maximum Gasteiger partial charge on any atom is 0.130 e. The molecule has 0 aliphatic heterocycles. The van der Waals surface area contributed by atoms with Gasteiger partial charge in [0, 0.05) is 24.4 Å². The smallest absolute Gasteiger partial charge is 0.130 e. The van der Waals surface area contributed by atoms with Crippen molar-refractivity contribution in [2.75, 3.05) is 5.73 Å². The third kappa shape index (κ3) is 1.31. The van der Waals surface area contributed by atoms with E-state index in [1.54, 1.807) is 4.68 Å². The summed E-state index contributed by atoms with van der Waals surface area (Å²) in [5.41, 5.74) is 8.06. The summed E-state index contributed by atoms with van der Waals surface area (Å²) in [5.74, 6) is 0.755. The highest BCUT2D eigenvalue weighted by Gasteiger charge is 2.27. The Balaban J connectivity index is 2.04. The predicted molar refractivity (Wildman–Crippen MR) is 57.1 cm³/mol. The summed E-state index contributed by atoms with van der Waals surface area (Å²) in [6.07, 6.45) is 7.97. The van der Waals surface area contributed by atoms with Crippen molar-refractivity contribution in [1.82, 2.24) is 19.6 Å². The normalized spacial score (nSPS) is 15.8. The molecule has 1 saturated carbocycles. The summed E-state index contributed by atoms with van der Waals surface area (Å²) in [5, 5.41) is 8.45. The van der Waals surface area contributed by atoms with E-state index in [0.717, 1.165) is 16.9 Å². The number of anilines is 1. The van der Waals surface area contributed by atoms with E-state index in [4.69, 9.17) is 5.73 Å². The number of nitrogens with zero attached hydrogens (tertiary/aromatic N) is 4. The van der Waals surface area contributed by atoms with Crippen LogP contribution in [0, 0.1) is 0 Å². The second-order valence-corrected chi connectivity index (χ2v) is 4.02. The average molecular weight is 203 g/mol.